The van der Waals surface area contributed by atoms with Gasteiger partial charge in [0, 0.05) is 0 Å². The Bertz CT molecular complexity index is 499. The molecule has 2 N–H and O–H groups in total. The predicted octanol–water partition coefficient (Wildman–Crippen LogP) is 3.40. The van der Waals surface area contributed by atoms with E-state index < -0.39 is 17.5 Å². The largest absolute Gasteiger partial charge is 0.497 e. The number of aliphatic carboxylic acids is 1. The maximum atomic E-state index is 11.8. The average Bonchev–Trinajstić information content (AvgIpc) is 2.47. The molecule has 3 unspecified atom stereocenters. The Hall–Kier alpha value is -1.55. The fraction of sp³-hybridized carbons (Fsp3) is 0.588. The van der Waals surface area contributed by atoms with Gasteiger partial charge in [-0.15, -0.1) is 0 Å². The lowest BCUT2D eigenvalue weighted by Crippen LogP contribution is -2.37. The molecule has 1 aliphatic carbocycles. The first kappa shape index (κ1) is 15.8. The van der Waals surface area contributed by atoms with Gasteiger partial charge in [0.15, 0.2) is 0 Å². The first-order chi connectivity index (χ1) is 9.97. The van der Waals surface area contributed by atoms with Crippen molar-refractivity contribution in [3.63, 3.8) is 0 Å². The zero-order valence-corrected chi connectivity index (χ0v) is 12.7. The van der Waals surface area contributed by atoms with Crippen LogP contribution in [0.25, 0.3) is 0 Å². The number of carboxylic acid groups (broad SMARTS) is 1. The van der Waals surface area contributed by atoms with Crippen LogP contribution < -0.4 is 4.74 Å². The summed E-state index contributed by atoms with van der Waals surface area (Å²) in [6, 6.07) is 7.21. The van der Waals surface area contributed by atoms with Crippen molar-refractivity contribution < 1.29 is 19.7 Å². The van der Waals surface area contributed by atoms with Gasteiger partial charge in [0.25, 0.3) is 0 Å². The quantitative estimate of drug-likeness (QED) is 0.873. The summed E-state index contributed by atoms with van der Waals surface area (Å²) in [7, 11) is 1.58. The van der Waals surface area contributed by atoms with Crippen LogP contribution in [-0.2, 0) is 4.79 Å². The maximum absolute atomic E-state index is 11.8. The van der Waals surface area contributed by atoms with E-state index in [1.807, 2.05) is 18.2 Å². The van der Waals surface area contributed by atoms with Gasteiger partial charge in [0.1, 0.15) is 5.75 Å². The SMILES string of the molecule is COc1cccc(C(O)CC2(C(=O)O)CCCC(C)C2)c1. The summed E-state index contributed by atoms with van der Waals surface area (Å²) >= 11 is 0. The van der Waals surface area contributed by atoms with Crippen LogP contribution in [0, 0.1) is 11.3 Å². The molecular formula is C17H24O4. The molecule has 1 aliphatic rings. The Morgan fingerprint density at radius 3 is 2.90 bits per heavy atom. The highest BCUT2D eigenvalue weighted by Crippen LogP contribution is 2.45. The van der Waals surface area contributed by atoms with Gasteiger partial charge in [0.05, 0.1) is 18.6 Å². The summed E-state index contributed by atoms with van der Waals surface area (Å²) in [5, 5.41) is 20.1. The number of rotatable bonds is 5. The molecule has 0 radical (unpaired) electrons. The molecule has 0 saturated heterocycles. The van der Waals surface area contributed by atoms with Crippen LogP contribution in [0.2, 0.25) is 0 Å². The molecule has 21 heavy (non-hydrogen) atoms. The third-order valence-corrected chi connectivity index (χ3v) is 4.61. The van der Waals surface area contributed by atoms with Crippen molar-refractivity contribution in [1.29, 1.82) is 0 Å². The van der Waals surface area contributed by atoms with Crippen LogP contribution in [0.1, 0.15) is 50.7 Å². The summed E-state index contributed by atoms with van der Waals surface area (Å²) in [6.45, 7) is 2.09. The number of hydrogen-bond donors (Lipinski definition) is 2. The molecule has 1 aromatic rings. The Morgan fingerprint density at radius 1 is 1.52 bits per heavy atom. The fourth-order valence-electron chi connectivity index (χ4n) is 3.46. The van der Waals surface area contributed by atoms with Crippen molar-refractivity contribution in [2.24, 2.45) is 11.3 Å². The van der Waals surface area contributed by atoms with E-state index in [0.717, 1.165) is 12.8 Å². The smallest absolute Gasteiger partial charge is 0.309 e. The number of carboxylic acids is 1. The van der Waals surface area contributed by atoms with Crippen molar-refractivity contribution in [1.82, 2.24) is 0 Å². The highest BCUT2D eigenvalue weighted by molar-refractivity contribution is 5.74. The first-order valence-electron chi connectivity index (χ1n) is 7.52. The summed E-state index contributed by atoms with van der Waals surface area (Å²) in [6.07, 6.45) is 2.76. The zero-order valence-electron chi connectivity index (χ0n) is 12.7. The lowest BCUT2D eigenvalue weighted by Gasteiger charge is -2.37. The molecule has 4 nitrogen and oxygen atoms in total. The van der Waals surface area contributed by atoms with Gasteiger partial charge in [0.2, 0.25) is 0 Å². The van der Waals surface area contributed by atoms with E-state index in [-0.39, 0.29) is 6.42 Å². The molecule has 0 amide bonds. The standard InChI is InChI=1S/C17H24O4/c1-12-5-4-8-17(10-12,16(19)20)11-15(18)13-6-3-7-14(9-13)21-2/h3,6-7,9,12,15,18H,4-5,8,10-11H2,1-2H3,(H,19,20). The van der Waals surface area contributed by atoms with Crippen LogP contribution >= 0.6 is 0 Å². The van der Waals surface area contributed by atoms with E-state index >= 15 is 0 Å². The van der Waals surface area contributed by atoms with Gasteiger partial charge in [-0.25, -0.2) is 0 Å². The molecule has 0 bridgehead atoms. The first-order valence-corrected chi connectivity index (χ1v) is 7.52. The van der Waals surface area contributed by atoms with E-state index in [4.69, 9.17) is 4.74 Å². The summed E-state index contributed by atoms with van der Waals surface area (Å²) in [5.74, 6) is 0.288. The Kier molecular flexibility index (Phi) is 4.88. The minimum absolute atomic E-state index is 0.264. The molecular weight excluding hydrogens is 268 g/mol. The maximum Gasteiger partial charge on any atom is 0.309 e. The number of hydrogen-bond acceptors (Lipinski definition) is 3. The third-order valence-electron chi connectivity index (χ3n) is 4.61. The number of aliphatic hydroxyl groups excluding tert-OH is 1. The average molecular weight is 292 g/mol. The summed E-state index contributed by atoms with van der Waals surface area (Å²) in [4.78, 5) is 11.8. The number of methoxy groups -OCH3 is 1. The molecule has 1 aromatic carbocycles. The molecule has 1 fully saturated rings. The zero-order chi connectivity index (χ0) is 15.5. The number of ether oxygens (including phenoxy) is 1. The van der Waals surface area contributed by atoms with Gasteiger partial charge < -0.3 is 14.9 Å². The lowest BCUT2D eigenvalue weighted by atomic mass is 9.67. The van der Waals surface area contributed by atoms with Gasteiger partial charge in [-0.3, -0.25) is 4.79 Å². The van der Waals surface area contributed by atoms with Crippen molar-refractivity contribution in [3.05, 3.63) is 29.8 Å². The molecule has 1 saturated carbocycles. The van der Waals surface area contributed by atoms with Crippen molar-refractivity contribution in [2.75, 3.05) is 7.11 Å². The summed E-state index contributed by atoms with van der Waals surface area (Å²) in [5.41, 5.74) is -0.0895. The van der Waals surface area contributed by atoms with Crippen molar-refractivity contribution >= 4 is 5.97 Å². The van der Waals surface area contributed by atoms with E-state index in [9.17, 15) is 15.0 Å². The van der Waals surface area contributed by atoms with Gasteiger partial charge in [-0.2, -0.15) is 0 Å². The molecule has 0 aliphatic heterocycles. The second kappa shape index (κ2) is 6.48. The second-order valence-corrected chi connectivity index (χ2v) is 6.28. The lowest BCUT2D eigenvalue weighted by molar-refractivity contribution is -0.154. The van der Waals surface area contributed by atoms with Crippen molar-refractivity contribution in [3.8, 4) is 5.75 Å². The molecule has 0 spiro atoms. The molecule has 4 heteroatoms. The Morgan fingerprint density at radius 2 is 2.29 bits per heavy atom. The van der Waals surface area contributed by atoms with E-state index in [1.54, 1.807) is 13.2 Å². The monoisotopic (exact) mass is 292 g/mol. The normalized spacial score (nSPS) is 27.1. The fourth-order valence-corrected chi connectivity index (χ4v) is 3.46. The van der Waals surface area contributed by atoms with E-state index in [0.29, 0.717) is 30.1 Å². The predicted molar refractivity (Wildman–Crippen MR) is 80.3 cm³/mol. The molecule has 2 rings (SSSR count). The highest BCUT2D eigenvalue weighted by atomic mass is 16.5. The molecule has 3 atom stereocenters. The minimum Gasteiger partial charge on any atom is -0.497 e. The Labute approximate surface area is 125 Å². The van der Waals surface area contributed by atoms with Gasteiger partial charge in [-0.1, -0.05) is 31.9 Å². The third kappa shape index (κ3) is 3.56. The van der Waals surface area contributed by atoms with Gasteiger partial charge >= 0.3 is 5.97 Å². The number of carbonyl (C=O) groups is 1. The minimum atomic E-state index is -0.805. The molecule has 0 aromatic heterocycles. The van der Waals surface area contributed by atoms with Crippen LogP contribution in [0.4, 0.5) is 0 Å². The summed E-state index contributed by atoms with van der Waals surface area (Å²) < 4.78 is 5.16. The van der Waals surface area contributed by atoms with Crippen LogP contribution in [0.15, 0.2) is 24.3 Å². The van der Waals surface area contributed by atoms with Crippen LogP contribution in [-0.4, -0.2) is 23.3 Å². The topological polar surface area (TPSA) is 66.8 Å². The number of benzene rings is 1. The van der Waals surface area contributed by atoms with Gasteiger partial charge in [-0.05, 0) is 42.9 Å². The molecule has 116 valence electrons. The number of aliphatic hydroxyl groups is 1. The molecule has 0 heterocycles. The van der Waals surface area contributed by atoms with E-state index in [2.05, 4.69) is 6.92 Å². The van der Waals surface area contributed by atoms with Crippen LogP contribution in [0.5, 0.6) is 5.75 Å². The highest BCUT2D eigenvalue weighted by Gasteiger charge is 2.43. The second-order valence-electron chi connectivity index (χ2n) is 6.28. The van der Waals surface area contributed by atoms with Crippen LogP contribution in [0.3, 0.4) is 0 Å². The van der Waals surface area contributed by atoms with E-state index in [1.165, 1.54) is 0 Å². The Balaban J connectivity index is 2.18. The van der Waals surface area contributed by atoms with Crippen molar-refractivity contribution in [2.45, 2.75) is 45.1 Å².